The molecule has 2 N–H and O–H groups in total. The minimum Gasteiger partial charge on any atom is -0.380 e. The molecule has 0 spiro atoms. The zero-order chi connectivity index (χ0) is 16.9. The molecule has 3 rings (SSSR count). The van der Waals surface area contributed by atoms with Gasteiger partial charge in [-0.2, -0.15) is 0 Å². The average Bonchev–Trinajstić information content (AvgIpc) is 2.99. The number of rotatable bonds is 5. The highest BCUT2D eigenvalue weighted by molar-refractivity contribution is 7.15. The number of hydrogen-bond donors (Lipinski definition) is 2. The molecule has 3 aromatic rings. The van der Waals surface area contributed by atoms with Crippen molar-refractivity contribution in [3.8, 4) is 0 Å². The molecule has 0 aliphatic heterocycles. The van der Waals surface area contributed by atoms with Gasteiger partial charge in [0.15, 0.2) is 4.47 Å². The van der Waals surface area contributed by atoms with E-state index in [1.54, 1.807) is 30.5 Å². The summed E-state index contributed by atoms with van der Waals surface area (Å²) in [5.74, 6) is -0.182. The van der Waals surface area contributed by atoms with Crippen molar-refractivity contribution < 1.29 is 4.79 Å². The van der Waals surface area contributed by atoms with Crippen LogP contribution in [-0.4, -0.2) is 10.9 Å². The van der Waals surface area contributed by atoms with Crippen molar-refractivity contribution in [3.05, 3.63) is 74.7 Å². The normalized spacial score (nSPS) is 10.4. The van der Waals surface area contributed by atoms with Crippen molar-refractivity contribution in [1.82, 2.24) is 4.98 Å². The second kappa shape index (κ2) is 7.66. The molecule has 0 unspecified atom stereocenters. The van der Waals surface area contributed by atoms with Crippen LogP contribution in [0.4, 0.5) is 11.4 Å². The number of halogens is 2. The Morgan fingerprint density at radius 3 is 2.54 bits per heavy atom. The summed E-state index contributed by atoms with van der Waals surface area (Å²) >= 11 is 13.1. The number of nitrogens with one attached hydrogen (secondary N) is 2. The Kier molecular flexibility index (Phi) is 5.35. The molecule has 24 heavy (non-hydrogen) atoms. The molecule has 1 amide bonds. The summed E-state index contributed by atoms with van der Waals surface area (Å²) in [6, 6.07) is 14.3. The van der Waals surface area contributed by atoms with Gasteiger partial charge < -0.3 is 10.6 Å². The number of nitrogens with zero attached hydrogens (tertiary/aromatic N) is 1. The van der Waals surface area contributed by atoms with Crippen LogP contribution in [0.5, 0.6) is 0 Å². The fraction of sp³-hybridized carbons (Fsp3) is 0.0588. The van der Waals surface area contributed by atoms with Gasteiger partial charge >= 0.3 is 0 Å². The third kappa shape index (κ3) is 4.47. The number of benzene rings is 2. The number of carbonyl (C=O) groups is 1. The van der Waals surface area contributed by atoms with Gasteiger partial charge in [-0.05, 0) is 42.5 Å². The smallest absolute Gasteiger partial charge is 0.255 e. The van der Waals surface area contributed by atoms with E-state index in [1.807, 2.05) is 24.3 Å². The number of carbonyl (C=O) groups excluding carboxylic acids is 1. The molecule has 1 heterocycles. The minimum absolute atomic E-state index is 0.182. The van der Waals surface area contributed by atoms with Crippen LogP contribution in [0, 0.1) is 0 Å². The van der Waals surface area contributed by atoms with Gasteiger partial charge in [-0.1, -0.05) is 29.3 Å². The average molecular weight is 378 g/mol. The summed E-state index contributed by atoms with van der Waals surface area (Å²) < 4.78 is 0.524. The Morgan fingerprint density at radius 2 is 1.83 bits per heavy atom. The molecule has 4 nitrogen and oxygen atoms in total. The first-order chi connectivity index (χ1) is 11.6. The van der Waals surface area contributed by atoms with Gasteiger partial charge in [0.2, 0.25) is 0 Å². The molecule has 0 atom stereocenters. The Balaban J connectivity index is 1.64. The topological polar surface area (TPSA) is 54.0 Å². The third-order valence-electron chi connectivity index (χ3n) is 3.22. The SMILES string of the molecule is O=C(Nc1cccc(NCc2cnc(Cl)s2)c1)c1ccc(Cl)cc1. The molecule has 0 aliphatic rings. The lowest BCUT2D eigenvalue weighted by molar-refractivity contribution is 0.102. The van der Waals surface area contributed by atoms with Crippen LogP contribution in [0.3, 0.4) is 0 Å². The number of hydrogen-bond acceptors (Lipinski definition) is 4. The van der Waals surface area contributed by atoms with E-state index >= 15 is 0 Å². The predicted molar refractivity (Wildman–Crippen MR) is 100 cm³/mol. The van der Waals surface area contributed by atoms with Gasteiger partial charge in [0.25, 0.3) is 5.91 Å². The molecule has 122 valence electrons. The fourth-order valence-corrected chi connectivity index (χ4v) is 3.11. The van der Waals surface area contributed by atoms with E-state index < -0.39 is 0 Å². The maximum absolute atomic E-state index is 12.2. The van der Waals surface area contributed by atoms with Gasteiger partial charge in [-0.15, -0.1) is 11.3 Å². The van der Waals surface area contributed by atoms with E-state index in [2.05, 4.69) is 15.6 Å². The maximum atomic E-state index is 12.2. The molecule has 0 aliphatic carbocycles. The quantitative estimate of drug-likeness (QED) is 0.632. The molecular formula is C17H13Cl2N3OS. The molecule has 7 heteroatoms. The van der Waals surface area contributed by atoms with Crippen molar-refractivity contribution in [3.63, 3.8) is 0 Å². The van der Waals surface area contributed by atoms with Crippen molar-refractivity contribution in [2.24, 2.45) is 0 Å². The lowest BCUT2D eigenvalue weighted by atomic mass is 10.2. The third-order valence-corrected chi connectivity index (χ3v) is 4.59. The van der Waals surface area contributed by atoms with Crippen LogP contribution in [0.25, 0.3) is 0 Å². The van der Waals surface area contributed by atoms with E-state index in [4.69, 9.17) is 23.2 Å². The van der Waals surface area contributed by atoms with Gasteiger partial charge in [0, 0.05) is 33.0 Å². The molecule has 0 bridgehead atoms. The Bertz CT molecular complexity index is 849. The Morgan fingerprint density at radius 1 is 1.08 bits per heavy atom. The molecule has 0 radical (unpaired) electrons. The lowest BCUT2D eigenvalue weighted by Crippen LogP contribution is -2.11. The predicted octanol–water partition coefficient (Wildman–Crippen LogP) is 5.31. The van der Waals surface area contributed by atoms with Crippen LogP contribution in [0.2, 0.25) is 9.49 Å². The van der Waals surface area contributed by atoms with Crippen molar-refractivity contribution >= 4 is 51.8 Å². The second-order valence-electron chi connectivity index (χ2n) is 4.97. The summed E-state index contributed by atoms with van der Waals surface area (Å²) in [6.45, 7) is 0.624. The number of thiazole rings is 1. The molecular weight excluding hydrogens is 365 g/mol. The molecule has 0 fully saturated rings. The van der Waals surface area contributed by atoms with Gasteiger partial charge in [0.1, 0.15) is 0 Å². The highest BCUT2D eigenvalue weighted by Gasteiger charge is 2.06. The maximum Gasteiger partial charge on any atom is 0.255 e. The number of aromatic nitrogens is 1. The van der Waals surface area contributed by atoms with Crippen LogP contribution < -0.4 is 10.6 Å². The van der Waals surface area contributed by atoms with Gasteiger partial charge in [-0.3, -0.25) is 4.79 Å². The first-order valence-electron chi connectivity index (χ1n) is 7.11. The van der Waals surface area contributed by atoms with Crippen LogP contribution in [0.1, 0.15) is 15.2 Å². The monoisotopic (exact) mass is 377 g/mol. The van der Waals surface area contributed by atoms with Crippen molar-refractivity contribution in [1.29, 1.82) is 0 Å². The standard InChI is InChI=1S/C17H13Cl2N3OS/c18-12-6-4-11(5-7-12)16(23)22-14-3-1-2-13(8-14)20-9-15-10-21-17(19)24-15/h1-8,10,20H,9H2,(H,22,23). The highest BCUT2D eigenvalue weighted by atomic mass is 35.5. The van der Waals surface area contributed by atoms with E-state index in [-0.39, 0.29) is 5.91 Å². The molecule has 0 saturated heterocycles. The van der Waals surface area contributed by atoms with E-state index in [1.165, 1.54) is 11.3 Å². The minimum atomic E-state index is -0.182. The summed E-state index contributed by atoms with van der Waals surface area (Å²) in [5, 5.41) is 6.74. The van der Waals surface area contributed by atoms with Crippen molar-refractivity contribution in [2.45, 2.75) is 6.54 Å². The fourth-order valence-electron chi connectivity index (χ4n) is 2.07. The van der Waals surface area contributed by atoms with Crippen LogP contribution in [-0.2, 0) is 6.54 Å². The second-order valence-corrected chi connectivity index (χ2v) is 7.11. The van der Waals surface area contributed by atoms with Crippen molar-refractivity contribution in [2.75, 3.05) is 10.6 Å². The van der Waals surface area contributed by atoms with E-state index in [9.17, 15) is 4.79 Å². The Labute approximate surface area is 153 Å². The summed E-state index contributed by atoms with van der Waals surface area (Å²) in [4.78, 5) is 17.3. The number of amides is 1. The molecule has 1 aromatic heterocycles. The van der Waals surface area contributed by atoms with Crippen LogP contribution >= 0.6 is 34.5 Å². The Hall–Kier alpha value is -2.08. The van der Waals surface area contributed by atoms with Crippen LogP contribution in [0.15, 0.2) is 54.7 Å². The molecule has 2 aromatic carbocycles. The van der Waals surface area contributed by atoms with Gasteiger partial charge in [0.05, 0.1) is 6.54 Å². The lowest BCUT2D eigenvalue weighted by Gasteiger charge is -2.09. The highest BCUT2D eigenvalue weighted by Crippen LogP contribution is 2.21. The zero-order valence-corrected chi connectivity index (χ0v) is 14.8. The summed E-state index contributed by atoms with van der Waals surface area (Å²) in [7, 11) is 0. The van der Waals surface area contributed by atoms with E-state index in [0.717, 1.165) is 10.6 Å². The summed E-state index contributed by atoms with van der Waals surface area (Å²) in [5.41, 5.74) is 2.16. The van der Waals surface area contributed by atoms with E-state index in [0.29, 0.717) is 27.3 Å². The first kappa shape index (κ1) is 16.8. The molecule has 0 saturated carbocycles. The summed E-state index contributed by atoms with van der Waals surface area (Å²) in [6.07, 6.45) is 1.74. The first-order valence-corrected chi connectivity index (χ1v) is 8.68. The zero-order valence-electron chi connectivity index (χ0n) is 12.4. The largest absolute Gasteiger partial charge is 0.380 e. The van der Waals surface area contributed by atoms with Gasteiger partial charge in [-0.25, -0.2) is 4.98 Å². The number of anilines is 2.